The van der Waals surface area contributed by atoms with Crippen LogP contribution in [0.15, 0.2) is 36.4 Å². The summed E-state index contributed by atoms with van der Waals surface area (Å²) in [6, 6.07) is 10.7. The zero-order chi connectivity index (χ0) is 21.1. The molecule has 2 aromatic rings. The molecule has 4 rings (SSSR count). The Labute approximate surface area is 179 Å². The Hall–Kier alpha value is -2.97. The van der Waals surface area contributed by atoms with Crippen molar-refractivity contribution in [3.8, 4) is 17.2 Å². The van der Waals surface area contributed by atoms with Crippen LogP contribution in [0.5, 0.6) is 17.2 Å². The van der Waals surface area contributed by atoms with E-state index in [0.29, 0.717) is 42.6 Å². The number of hydrogen-bond acceptors (Lipinski definition) is 6. The van der Waals surface area contributed by atoms with Crippen LogP contribution in [0.2, 0.25) is 5.02 Å². The van der Waals surface area contributed by atoms with Gasteiger partial charge in [-0.1, -0.05) is 17.7 Å². The van der Waals surface area contributed by atoms with E-state index in [4.69, 9.17) is 25.8 Å². The van der Waals surface area contributed by atoms with E-state index in [1.165, 1.54) is 7.11 Å². The van der Waals surface area contributed by atoms with Crippen LogP contribution in [0.25, 0.3) is 0 Å². The number of hydrogen-bond donors (Lipinski definition) is 1. The smallest absolute Gasteiger partial charge is 0.314 e. The summed E-state index contributed by atoms with van der Waals surface area (Å²) in [5.41, 5.74) is 1.48. The van der Waals surface area contributed by atoms with E-state index < -0.39 is 11.8 Å². The van der Waals surface area contributed by atoms with E-state index >= 15 is 0 Å². The predicted molar refractivity (Wildman–Crippen MR) is 111 cm³/mol. The van der Waals surface area contributed by atoms with Gasteiger partial charge in [0.15, 0.2) is 11.5 Å². The lowest BCUT2D eigenvalue weighted by molar-refractivity contribution is -0.144. The fourth-order valence-electron chi connectivity index (χ4n) is 3.50. The Morgan fingerprint density at radius 1 is 1.07 bits per heavy atom. The van der Waals surface area contributed by atoms with Crippen LogP contribution >= 0.6 is 11.6 Å². The molecule has 0 aliphatic carbocycles. The van der Waals surface area contributed by atoms with Crippen molar-refractivity contribution in [2.75, 3.05) is 45.4 Å². The van der Waals surface area contributed by atoms with Crippen LogP contribution in [0.3, 0.4) is 0 Å². The van der Waals surface area contributed by atoms with E-state index in [1.54, 1.807) is 23.1 Å². The van der Waals surface area contributed by atoms with Gasteiger partial charge in [-0.3, -0.25) is 14.5 Å². The Morgan fingerprint density at radius 3 is 2.60 bits per heavy atom. The van der Waals surface area contributed by atoms with E-state index in [2.05, 4.69) is 10.2 Å². The fourth-order valence-corrected chi connectivity index (χ4v) is 3.68. The minimum Gasteiger partial charge on any atom is -0.495 e. The molecule has 8 nitrogen and oxygen atoms in total. The lowest BCUT2D eigenvalue weighted by Gasteiger charge is -2.34. The molecular formula is C21H22ClN3O5. The first-order valence-electron chi connectivity index (χ1n) is 9.58. The monoisotopic (exact) mass is 431 g/mol. The minimum absolute atomic E-state index is 0.253. The molecule has 2 aromatic carbocycles. The Balaban J connectivity index is 1.31. The highest BCUT2D eigenvalue weighted by molar-refractivity contribution is 6.40. The van der Waals surface area contributed by atoms with E-state index in [9.17, 15) is 9.59 Å². The summed E-state index contributed by atoms with van der Waals surface area (Å²) < 4.78 is 16.0. The number of rotatable bonds is 4. The summed E-state index contributed by atoms with van der Waals surface area (Å²) in [6.07, 6.45) is 0. The van der Waals surface area contributed by atoms with Gasteiger partial charge in [0.25, 0.3) is 0 Å². The van der Waals surface area contributed by atoms with Crippen molar-refractivity contribution < 1.29 is 23.8 Å². The highest BCUT2D eigenvalue weighted by atomic mass is 35.5. The van der Waals surface area contributed by atoms with Crippen molar-refractivity contribution in [1.29, 1.82) is 0 Å². The van der Waals surface area contributed by atoms with Crippen LogP contribution < -0.4 is 19.5 Å². The summed E-state index contributed by atoms with van der Waals surface area (Å²) in [7, 11) is 1.49. The molecule has 0 unspecified atom stereocenters. The molecule has 9 heteroatoms. The highest BCUT2D eigenvalue weighted by Gasteiger charge is 2.27. The summed E-state index contributed by atoms with van der Waals surface area (Å²) in [5.74, 6) is 0.680. The number of halogens is 1. The third-order valence-corrected chi connectivity index (χ3v) is 5.34. The molecule has 158 valence electrons. The van der Waals surface area contributed by atoms with Gasteiger partial charge in [-0.25, -0.2) is 0 Å². The van der Waals surface area contributed by atoms with Gasteiger partial charge in [-0.15, -0.1) is 0 Å². The van der Waals surface area contributed by atoms with E-state index in [0.717, 1.165) is 23.6 Å². The number of nitrogens with zero attached hydrogens (tertiary/aromatic N) is 2. The number of benzene rings is 2. The molecule has 2 aliphatic rings. The summed E-state index contributed by atoms with van der Waals surface area (Å²) in [4.78, 5) is 28.8. The zero-order valence-electron chi connectivity index (χ0n) is 16.5. The second-order valence-corrected chi connectivity index (χ2v) is 7.49. The maximum absolute atomic E-state index is 12.6. The maximum Gasteiger partial charge on any atom is 0.314 e. The number of ether oxygens (including phenoxy) is 3. The molecule has 1 N–H and O–H groups in total. The van der Waals surface area contributed by atoms with Gasteiger partial charge in [0.05, 0.1) is 12.8 Å². The number of carbonyl (C=O) groups excluding carboxylic acids is 2. The molecular weight excluding hydrogens is 410 g/mol. The molecule has 0 radical (unpaired) electrons. The van der Waals surface area contributed by atoms with Crippen molar-refractivity contribution in [2.45, 2.75) is 6.54 Å². The van der Waals surface area contributed by atoms with Crippen molar-refractivity contribution >= 4 is 29.1 Å². The minimum atomic E-state index is -0.709. The third kappa shape index (κ3) is 4.44. The standard InChI is InChI=1S/C21H22ClN3O5/c1-28-17-5-3-15(22)11-16(17)23-20(26)21(27)25-8-6-24(7-9-25)12-14-2-4-18-19(10-14)30-13-29-18/h2-5,10-11H,6-9,12-13H2,1H3,(H,23,26). The van der Waals surface area contributed by atoms with Crippen LogP contribution in [0.4, 0.5) is 5.69 Å². The third-order valence-electron chi connectivity index (χ3n) is 5.11. The average Bonchev–Trinajstić information content (AvgIpc) is 3.22. The quantitative estimate of drug-likeness (QED) is 0.748. The molecule has 2 heterocycles. The fraction of sp³-hybridized carbons (Fsp3) is 0.333. The second kappa shape index (κ2) is 8.81. The summed E-state index contributed by atoms with van der Waals surface area (Å²) in [5, 5.41) is 3.04. The topological polar surface area (TPSA) is 80.3 Å². The number of amides is 2. The Kier molecular flexibility index (Phi) is 5.96. The number of anilines is 1. The van der Waals surface area contributed by atoms with Crippen LogP contribution in [0, 0.1) is 0 Å². The molecule has 1 fully saturated rings. The van der Waals surface area contributed by atoms with Crippen molar-refractivity contribution in [3.63, 3.8) is 0 Å². The number of nitrogens with one attached hydrogen (secondary N) is 1. The van der Waals surface area contributed by atoms with Gasteiger partial charge in [-0.2, -0.15) is 0 Å². The van der Waals surface area contributed by atoms with Gasteiger partial charge in [-0.05, 0) is 35.9 Å². The maximum atomic E-state index is 12.6. The van der Waals surface area contributed by atoms with Crippen molar-refractivity contribution in [1.82, 2.24) is 9.80 Å². The number of carbonyl (C=O) groups is 2. The van der Waals surface area contributed by atoms with Crippen molar-refractivity contribution in [2.24, 2.45) is 0 Å². The summed E-state index contributed by atoms with van der Waals surface area (Å²) >= 11 is 5.98. The molecule has 0 spiro atoms. The number of piperazine rings is 1. The van der Waals surface area contributed by atoms with Gasteiger partial charge >= 0.3 is 11.8 Å². The van der Waals surface area contributed by atoms with Gasteiger partial charge in [0.1, 0.15) is 5.75 Å². The lowest BCUT2D eigenvalue weighted by atomic mass is 10.1. The first kappa shape index (κ1) is 20.3. The molecule has 0 atom stereocenters. The summed E-state index contributed by atoms with van der Waals surface area (Å²) in [6.45, 7) is 3.29. The largest absolute Gasteiger partial charge is 0.495 e. The van der Waals surface area contributed by atoms with Gasteiger partial charge in [0, 0.05) is 37.7 Å². The van der Waals surface area contributed by atoms with Crippen LogP contribution in [-0.4, -0.2) is 61.7 Å². The van der Waals surface area contributed by atoms with Gasteiger partial charge < -0.3 is 24.4 Å². The molecule has 2 amide bonds. The van der Waals surface area contributed by atoms with Crippen LogP contribution in [-0.2, 0) is 16.1 Å². The Bertz CT molecular complexity index is 960. The van der Waals surface area contributed by atoms with Gasteiger partial charge in [0.2, 0.25) is 6.79 Å². The molecule has 0 saturated carbocycles. The average molecular weight is 432 g/mol. The number of methoxy groups -OCH3 is 1. The SMILES string of the molecule is COc1ccc(Cl)cc1NC(=O)C(=O)N1CCN(Cc2ccc3c(c2)OCO3)CC1. The molecule has 1 saturated heterocycles. The second-order valence-electron chi connectivity index (χ2n) is 7.05. The zero-order valence-corrected chi connectivity index (χ0v) is 17.3. The Morgan fingerprint density at radius 2 is 1.83 bits per heavy atom. The molecule has 2 aliphatic heterocycles. The van der Waals surface area contributed by atoms with Crippen LogP contribution in [0.1, 0.15) is 5.56 Å². The van der Waals surface area contributed by atoms with E-state index in [1.807, 2.05) is 18.2 Å². The van der Waals surface area contributed by atoms with E-state index in [-0.39, 0.29) is 6.79 Å². The molecule has 0 bridgehead atoms. The van der Waals surface area contributed by atoms with Crippen molar-refractivity contribution in [3.05, 3.63) is 47.0 Å². The molecule has 30 heavy (non-hydrogen) atoms. The predicted octanol–water partition coefficient (Wildman–Crippen LogP) is 2.36. The molecule has 0 aromatic heterocycles. The first-order valence-corrected chi connectivity index (χ1v) is 9.96. The number of fused-ring (bicyclic) bond motifs is 1. The highest BCUT2D eigenvalue weighted by Crippen LogP contribution is 2.33. The normalized spacial score (nSPS) is 15.7. The lowest BCUT2D eigenvalue weighted by Crippen LogP contribution is -2.51. The first-order chi connectivity index (χ1) is 14.5.